The first kappa shape index (κ1) is 24.8. The summed E-state index contributed by atoms with van der Waals surface area (Å²) in [4.78, 5) is 11.5. The zero-order chi connectivity index (χ0) is 23.5. The number of rotatable bonds is 8. The van der Waals surface area contributed by atoms with Gasteiger partial charge in [-0.3, -0.25) is 4.79 Å². The van der Waals surface area contributed by atoms with E-state index in [1.54, 1.807) is 0 Å². The molecule has 0 aliphatic carbocycles. The Balaban J connectivity index is 1.70. The number of halogens is 1. The smallest absolute Gasteiger partial charge is 0.309 e. The fourth-order valence-electron chi connectivity index (χ4n) is 3.00. The molecule has 3 aromatic rings. The summed E-state index contributed by atoms with van der Waals surface area (Å²) in [5.41, 5.74) is 2.79. The quantitative estimate of drug-likeness (QED) is 0.170. The van der Waals surface area contributed by atoms with E-state index >= 15 is 0 Å². The number of methoxy groups -OCH3 is 1. The third kappa shape index (κ3) is 6.14. The van der Waals surface area contributed by atoms with Crippen LogP contribution < -0.4 is 4.74 Å². The van der Waals surface area contributed by atoms with Crippen LogP contribution in [0, 0.1) is 3.57 Å². The molecule has 0 fully saturated rings. The van der Waals surface area contributed by atoms with Crippen molar-refractivity contribution >= 4 is 47.8 Å². The Morgan fingerprint density at radius 3 is 2.50 bits per heavy atom. The van der Waals surface area contributed by atoms with E-state index in [9.17, 15) is 4.79 Å². The predicted octanol–water partition coefficient (Wildman–Crippen LogP) is 6.85. The molecule has 0 saturated heterocycles. The minimum absolute atomic E-state index is 0.159. The third-order valence-corrected chi connectivity index (χ3v) is 11.2. The van der Waals surface area contributed by atoms with Gasteiger partial charge in [0.2, 0.25) is 0 Å². The molecule has 0 radical (unpaired) electrons. The number of ether oxygens (including phenoxy) is 2. The van der Waals surface area contributed by atoms with Gasteiger partial charge in [-0.2, -0.15) is 0 Å². The second kappa shape index (κ2) is 9.97. The van der Waals surface area contributed by atoms with Crippen molar-refractivity contribution in [2.45, 2.75) is 58.5 Å². The van der Waals surface area contributed by atoms with Crippen LogP contribution in [0.25, 0.3) is 11.0 Å². The first-order valence-corrected chi connectivity index (χ1v) is 14.6. The van der Waals surface area contributed by atoms with Gasteiger partial charge in [0.15, 0.2) is 8.32 Å². The molecule has 0 bridgehead atoms. The molecule has 1 heterocycles. The first-order valence-electron chi connectivity index (χ1n) is 10.6. The molecule has 0 amide bonds. The van der Waals surface area contributed by atoms with Crippen molar-refractivity contribution in [3.05, 3.63) is 62.9 Å². The lowest BCUT2D eigenvalue weighted by molar-refractivity contribution is -0.139. The van der Waals surface area contributed by atoms with Crippen molar-refractivity contribution in [3.63, 3.8) is 0 Å². The fourth-order valence-corrected chi connectivity index (χ4v) is 4.75. The summed E-state index contributed by atoms with van der Waals surface area (Å²) in [5.74, 6) is 1.30. The van der Waals surface area contributed by atoms with E-state index in [1.807, 2.05) is 24.3 Å². The van der Waals surface area contributed by atoms with Gasteiger partial charge in [0.05, 0.1) is 23.7 Å². The largest absolute Gasteiger partial charge is 0.489 e. The van der Waals surface area contributed by atoms with Crippen molar-refractivity contribution in [1.82, 2.24) is 0 Å². The van der Waals surface area contributed by atoms with Gasteiger partial charge < -0.3 is 18.3 Å². The van der Waals surface area contributed by atoms with E-state index in [0.717, 1.165) is 37.2 Å². The molecule has 172 valence electrons. The SMILES string of the molecule is COC(=O)Cc1cccc(OCc2cc(I)c3oc(CO[Si](C)(C)C(C)(C)C)cc3c2)c1. The van der Waals surface area contributed by atoms with Gasteiger partial charge in [-0.15, -0.1) is 0 Å². The van der Waals surface area contributed by atoms with Gasteiger partial charge in [0.25, 0.3) is 0 Å². The molecular weight excluding hydrogens is 535 g/mol. The van der Waals surface area contributed by atoms with Crippen LogP contribution in [-0.2, 0) is 33.6 Å². The van der Waals surface area contributed by atoms with E-state index in [2.05, 4.69) is 74.7 Å². The number of hydrogen-bond acceptors (Lipinski definition) is 5. The highest BCUT2D eigenvalue weighted by molar-refractivity contribution is 14.1. The molecule has 0 aliphatic heterocycles. The van der Waals surface area contributed by atoms with Gasteiger partial charge in [-0.25, -0.2) is 0 Å². The Hall–Kier alpha value is -1.84. The highest BCUT2D eigenvalue weighted by atomic mass is 127. The minimum Gasteiger partial charge on any atom is -0.489 e. The summed E-state index contributed by atoms with van der Waals surface area (Å²) < 4.78 is 24.2. The fraction of sp³-hybridized carbons (Fsp3) is 0.400. The Morgan fingerprint density at radius 2 is 1.81 bits per heavy atom. The van der Waals surface area contributed by atoms with Crippen LogP contribution in [0.1, 0.15) is 37.7 Å². The summed E-state index contributed by atoms with van der Waals surface area (Å²) >= 11 is 2.30. The Bertz CT molecular complexity index is 1100. The molecule has 0 N–H and O–H groups in total. The normalized spacial score (nSPS) is 12.2. The van der Waals surface area contributed by atoms with Crippen molar-refractivity contribution in [1.29, 1.82) is 0 Å². The maximum Gasteiger partial charge on any atom is 0.309 e. The standard InChI is InChI=1S/C25H31IO5Si/c1-25(2,3)32(5,6)30-16-21-14-19-10-18(12-22(26)24(19)31-21)15-29-20-9-7-8-17(11-20)13-23(27)28-4/h7-12,14H,13,15-16H2,1-6H3. The van der Waals surface area contributed by atoms with Crippen LogP contribution in [-0.4, -0.2) is 21.4 Å². The average Bonchev–Trinajstić information content (AvgIpc) is 3.14. The van der Waals surface area contributed by atoms with E-state index in [1.165, 1.54) is 7.11 Å². The number of carbonyl (C=O) groups is 1. The third-order valence-electron chi connectivity index (χ3n) is 5.94. The van der Waals surface area contributed by atoms with Crippen LogP contribution in [0.2, 0.25) is 18.1 Å². The molecule has 32 heavy (non-hydrogen) atoms. The zero-order valence-electron chi connectivity index (χ0n) is 19.6. The Morgan fingerprint density at radius 1 is 1.06 bits per heavy atom. The zero-order valence-corrected chi connectivity index (χ0v) is 22.7. The van der Waals surface area contributed by atoms with Crippen molar-refractivity contribution in [2.24, 2.45) is 0 Å². The molecule has 2 aromatic carbocycles. The number of esters is 1. The van der Waals surface area contributed by atoms with Crippen LogP contribution in [0.5, 0.6) is 5.75 Å². The topological polar surface area (TPSA) is 57.9 Å². The lowest BCUT2D eigenvalue weighted by atomic mass is 10.1. The average molecular weight is 567 g/mol. The summed E-state index contributed by atoms with van der Waals surface area (Å²) in [7, 11) is -0.450. The maximum absolute atomic E-state index is 11.5. The predicted molar refractivity (Wildman–Crippen MR) is 137 cm³/mol. The van der Waals surface area contributed by atoms with Crippen LogP contribution >= 0.6 is 22.6 Å². The van der Waals surface area contributed by atoms with E-state index in [-0.39, 0.29) is 17.4 Å². The Kier molecular flexibility index (Phi) is 7.72. The highest BCUT2D eigenvalue weighted by Gasteiger charge is 2.37. The number of fused-ring (bicyclic) bond motifs is 1. The Labute approximate surface area is 204 Å². The molecule has 0 spiro atoms. The van der Waals surface area contributed by atoms with E-state index < -0.39 is 8.32 Å². The van der Waals surface area contributed by atoms with Gasteiger partial charge in [-0.05, 0) is 82.2 Å². The molecule has 1 aromatic heterocycles. The van der Waals surface area contributed by atoms with E-state index in [0.29, 0.717) is 13.2 Å². The molecular formula is C25H31IO5Si. The van der Waals surface area contributed by atoms with E-state index in [4.69, 9.17) is 18.3 Å². The van der Waals surface area contributed by atoms with Crippen LogP contribution in [0.3, 0.4) is 0 Å². The van der Waals surface area contributed by atoms with Crippen LogP contribution in [0.15, 0.2) is 46.9 Å². The second-order valence-electron chi connectivity index (χ2n) is 9.45. The number of benzene rings is 2. The number of hydrogen-bond donors (Lipinski definition) is 0. The first-order chi connectivity index (χ1) is 15.0. The minimum atomic E-state index is -1.84. The molecule has 5 nitrogen and oxygen atoms in total. The molecule has 7 heteroatoms. The highest BCUT2D eigenvalue weighted by Crippen LogP contribution is 2.37. The van der Waals surface area contributed by atoms with Crippen molar-refractivity contribution in [2.75, 3.05) is 7.11 Å². The van der Waals surface area contributed by atoms with Gasteiger partial charge in [0.1, 0.15) is 23.7 Å². The van der Waals surface area contributed by atoms with Crippen molar-refractivity contribution < 1.29 is 23.1 Å². The van der Waals surface area contributed by atoms with Gasteiger partial charge in [0, 0.05) is 5.39 Å². The maximum atomic E-state index is 11.5. The summed E-state index contributed by atoms with van der Waals surface area (Å²) in [6.45, 7) is 12.1. The van der Waals surface area contributed by atoms with Crippen molar-refractivity contribution in [3.8, 4) is 5.75 Å². The monoisotopic (exact) mass is 566 g/mol. The van der Waals surface area contributed by atoms with Gasteiger partial charge in [-0.1, -0.05) is 32.9 Å². The summed E-state index contributed by atoms with van der Waals surface area (Å²) in [6.07, 6.45) is 0.228. The lowest BCUT2D eigenvalue weighted by Crippen LogP contribution is -2.40. The lowest BCUT2D eigenvalue weighted by Gasteiger charge is -2.35. The number of carbonyl (C=O) groups excluding carboxylic acids is 1. The summed E-state index contributed by atoms with van der Waals surface area (Å²) in [6, 6.07) is 13.7. The second-order valence-corrected chi connectivity index (χ2v) is 15.4. The number of furan rings is 1. The molecule has 0 atom stereocenters. The molecule has 0 unspecified atom stereocenters. The van der Waals surface area contributed by atoms with Gasteiger partial charge >= 0.3 is 5.97 Å². The summed E-state index contributed by atoms with van der Waals surface area (Å²) in [5, 5.41) is 1.20. The molecule has 0 aliphatic rings. The van der Waals surface area contributed by atoms with Crippen LogP contribution in [0.4, 0.5) is 0 Å². The molecule has 3 rings (SSSR count). The molecule has 0 saturated carbocycles.